The highest BCUT2D eigenvalue weighted by molar-refractivity contribution is 5.18. The van der Waals surface area contributed by atoms with E-state index in [1.165, 1.54) is 57.1 Å². The van der Waals surface area contributed by atoms with Gasteiger partial charge in [-0.25, -0.2) is 0 Å². The lowest BCUT2D eigenvalue weighted by Crippen LogP contribution is -2.36. The van der Waals surface area contributed by atoms with Gasteiger partial charge >= 0.3 is 0 Å². The van der Waals surface area contributed by atoms with Crippen molar-refractivity contribution in [1.82, 2.24) is 15.0 Å². The van der Waals surface area contributed by atoms with Gasteiger partial charge in [0.25, 0.3) is 0 Å². The first kappa shape index (κ1) is 15.8. The maximum atomic E-state index is 5.53. The van der Waals surface area contributed by atoms with Gasteiger partial charge < -0.3 is 4.52 Å². The maximum absolute atomic E-state index is 5.53. The molecular weight excluding hydrogens is 298 g/mol. The molecule has 0 bridgehead atoms. The number of nitrogens with zero attached hydrogens (tertiary/aromatic N) is 3. The average Bonchev–Trinajstić information content (AvgIpc) is 3.27. The Labute approximate surface area is 144 Å². The van der Waals surface area contributed by atoms with Gasteiger partial charge in [0.1, 0.15) is 0 Å². The van der Waals surface area contributed by atoms with Gasteiger partial charge in [-0.2, -0.15) is 4.98 Å². The number of benzene rings is 1. The third-order valence-electron chi connectivity index (χ3n) is 5.66. The molecule has 24 heavy (non-hydrogen) atoms. The Hall–Kier alpha value is -1.68. The van der Waals surface area contributed by atoms with Crippen LogP contribution in [-0.2, 0) is 13.0 Å². The number of aromatic nitrogens is 2. The van der Waals surface area contributed by atoms with Gasteiger partial charge in [0.15, 0.2) is 5.82 Å². The Bertz CT molecular complexity index is 633. The average molecular weight is 325 g/mol. The van der Waals surface area contributed by atoms with Crippen LogP contribution in [0.5, 0.6) is 0 Å². The standard InChI is InChI=1S/C20H27N3O/c1-3-8-16(9-4-1)14-19-21-20(24-22-19)15-23-13-7-12-18(23)17-10-5-2-6-11-17/h1,3-4,8-9,17-18H,2,5-7,10-15H2/t18-/m1/s1. The number of likely N-dealkylation sites (tertiary alicyclic amines) is 1. The predicted molar refractivity (Wildman–Crippen MR) is 93.6 cm³/mol. The van der Waals surface area contributed by atoms with E-state index in [0.29, 0.717) is 0 Å². The third-order valence-corrected chi connectivity index (χ3v) is 5.66. The third kappa shape index (κ3) is 3.69. The van der Waals surface area contributed by atoms with Crippen molar-refractivity contribution in [3.8, 4) is 0 Å². The molecule has 2 fully saturated rings. The fourth-order valence-electron chi connectivity index (χ4n) is 4.48. The van der Waals surface area contributed by atoms with Crippen molar-refractivity contribution in [2.45, 2.75) is 64.0 Å². The predicted octanol–water partition coefficient (Wildman–Crippen LogP) is 4.21. The van der Waals surface area contributed by atoms with Gasteiger partial charge in [0, 0.05) is 12.5 Å². The van der Waals surface area contributed by atoms with Crippen molar-refractivity contribution in [2.24, 2.45) is 5.92 Å². The highest BCUT2D eigenvalue weighted by atomic mass is 16.5. The van der Waals surface area contributed by atoms with Crippen LogP contribution in [0.4, 0.5) is 0 Å². The second-order valence-electron chi connectivity index (χ2n) is 7.34. The molecule has 4 heteroatoms. The lowest BCUT2D eigenvalue weighted by Gasteiger charge is -2.33. The van der Waals surface area contributed by atoms with Crippen LogP contribution in [0.25, 0.3) is 0 Å². The van der Waals surface area contributed by atoms with Gasteiger partial charge in [-0.05, 0) is 43.7 Å². The molecule has 1 aliphatic heterocycles. The molecule has 1 saturated heterocycles. The van der Waals surface area contributed by atoms with E-state index in [-0.39, 0.29) is 0 Å². The van der Waals surface area contributed by atoms with Crippen LogP contribution in [0.1, 0.15) is 62.2 Å². The summed E-state index contributed by atoms with van der Waals surface area (Å²) < 4.78 is 5.53. The second kappa shape index (κ2) is 7.47. The van der Waals surface area contributed by atoms with Crippen LogP contribution in [0.15, 0.2) is 34.9 Å². The van der Waals surface area contributed by atoms with Crippen LogP contribution >= 0.6 is 0 Å². The van der Waals surface area contributed by atoms with Crippen LogP contribution in [-0.4, -0.2) is 27.6 Å². The minimum atomic E-state index is 0.731. The molecule has 2 aliphatic rings. The molecule has 0 amide bonds. The zero-order chi connectivity index (χ0) is 16.2. The lowest BCUT2D eigenvalue weighted by atomic mass is 9.83. The Morgan fingerprint density at radius 3 is 2.67 bits per heavy atom. The van der Waals surface area contributed by atoms with E-state index in [1.807, 2.05) is 6.07 Å². The van der Waals surface area contributed by atoms with Crippen LogP contribution in [0.2, 0.25) is 0 Å². The van der Waals surface area contributed by atoms with Crippen molar-refractivity contribution < 1.29 is 4.52 Å². The number of hydrogen-bond acceptors (Lipinski definition) is 4. The largest absolute Gasteiger partial charge is 0.338 e. The SMILES string of the molecule is c1ccc(Cc2noc(CN3CCC[C@@H]3C3CCCCC3)n2)cc1. The summed E-state index contributed by atoms with van der Waals surface area (Å²) >= 11 is 0. The van der Waals surface area contributed by atoms with Gasteiger partial charge in [-0.3, -0.25) is 4.90 Å². The van der Waals surface area contributed by atoms with Crippen LogP contribution in [0, 0.1) is 5.92 Å². The maximum Gasteiger partial charge on any atom is 0.240 e. The summed E-state index contributed by atoms with van der Waals surface area (Å²) in [4.78, 5) is 7.22. The molecule has 0 spiro atoms. The Balaban J connectivity index is 1.38. The van der Waals surface area contributed by atoms with Crippen molar-refractivity contribution in [1.29, 1.82) is 0 Å². The summed E-state index contributed by atoms with van der Waals surface area (Å²) in [5.74, 6) is 2.46. The molecule has 1 aromatic carbocycles. The summed E-state index contributed by atoms with van der Waals surface area (Å²) in [7, 11) is 0. The van der Waals surface area contributed by atoms with E-state index >= 15 is 0 Å². The van der Waals surface area contributed by atoms with E-state index in [0.717, 1.165) is 36.6 Å². The van der Waals surface area contributed by atoms with E-state index in [9.17, 15) is 0 Å². The van der Waals surface area contributed by atoms with Gasteiger partial charge in [-0.1, -0.05) is 54.8 Å². The molecule has 4 nitrogen and oxygen atoms in total. The van der Waals surface area contributed by atoms with Crippen molar-refractivity contribution in [2.75, 3.05) is 6.54 Å². The summed E-state index contributed by atoms with van der Waals surface area (Å²) in [6.07, 6.45) is 10.5. The first-order valence-corrected chi connectivity index (χ1v) is 9.48. The molecule has 1 atom stereocenters. The lowest BCUT2D eigenvalue weighted by molar-refractivity contribution is 0.137. The quantitative estimate of drug-likeness (QED) is 0.826. The summed E-state index contributed by atoms with van der Waals surface area (Å²) in [5.41, 5.74) is 1.23. The monoisotopic (exact) mass is 325 g/mol. The van der Waals surface area contributed by atoms with Gasteiger partial charge in [-0.15, -0.1) is 0 Å². The van der Waals surface area contributed by atoms with Gasteiger partial charge in [0.2, 0.25) is 5.89 Å². The zero-order valence-corrected chi connectivity index (χ0v) is 14.4. The fourth-order valence-corrected chi connectivity index (χ4v) is 4.48. The van der Waals surface area contributed by atoms with Gasteiger partial charge in [0.05, 0.1) is 6.54 Å². The van der Waals surface area contributed by atoms with E-state index in [1.54, 1.807) is 0 Å². The molecule has 0 radical (unpaired) electrons. The summed E-state index contributed by atoms with van der Waals surface area (Å²) in [6, 6.07) is 11.1. The van der Waals surface area contributed by atoms with Crippen LogP contribution in [0.3, 0.4) is 0 Å². The molecule has 2 aromatic rings. The molecule has 1 aliphatic carbocycles. The molecule has 4 rings (SSSR count). The highest BCUT2D eigenvalue weighted by Crippen LogP contribution is 2.34. The van der Waals surface area contributed by atoms with E-state index in [4.69, 9.17) is 4.52 Å². The minimum Gasteiger partial charge on any atom is -0.338 e. The topological polar surface area (TPSA) is 42.2 Å². The molecule has 2 heterocycles. The second-order valence-corrected chi connectivity index (χ2v) is 7.34. The van der Waals surface area contributed by atoms with Crippen molar-refractivity contribution in [3.63, 3.8) is 0 Å². The Kier molecular flexibility index (Phi) is 4.93. The van der Waals surface area contributed by atoms with Crippen molar-refractivity contribution >= 4 is 0 Å². The Morgan fingerprint density at radius 2 is 1.83 bits per heavy atom. The normalized spacial score (nSPS) is 22.9. The molecule has 0 N–H and O–H groups in total. The number of rotatable bonds is 5. The molecular formula is C20H27N3O. The molecule has 0 unspecified atom stereocenters. The first-order valence-electron chi connectivity index (χ1n) is 9.48. The fraction of sp³-hybridized carbons (Fsp3) is 0.600. The van der Waals surface area contributed by atoms with E-state index in [2.05, 4.69) is 39.3 Å². The minimum absolute atomic E-state index is 0.731. The highest BCUT2D eigenvalue weighted by Gasteiger charge is 2.33. The van der Waals surface area contributed by atoms with Crippen LogP contribution < -0.4 is 0 Å². The Morgan fingerprint density at radius 1 is 1.00 bits per heavy atom. The molecule has 1 saturated carbocycles. The number of hydrogen-bond donors (Lipinski definition) is 0. The molecule has 128 valence electrons. The molecule has 1 aromatic heterocycles. The first-order chi connectivity index (χ1) is 11.9. The van der Waals surface area contributed by atoms with E-state index < -0.39 is 0 Å². The van der Waals surface area contributed by atoms with Crippen molar-refractivity contribution in [3.05, 3.63) is 47.6 Å². The zero-order valence-electron chi connectivity index (χ0n) is 14.4. The summed E-state index contributed by atoms with van der Waals surface area (Å²) in [5, 5.41) is 4.18. The smallest absolute Gasteiger partial charge is 0.240 e. The summed E-state index contributed by atoms with van der Waals surface area (Å²) in [6.45, 7) is 2.00.